The largest absolute Gasteiger partial charge is 0.298 e. The van der Waals surface area contributed by atoms with Crippen molar-refractivity contribution in [3.05, 3.63) is 0 Å². The summed E-state index contributed by atoms with van der Waals surface area (Å²) in [5.41, 5.74) is 0. The summed E-state index contributed by atoms with van der Waals surface area (Å²) in [6, 6.07) is 2.55. The molecule has 0 aromatic rings. The monoisotopic (exact) mass is 290 g/mol. The van der Waals surface area contributed by atoms with E-state index < -0.39 is 0 Å². The first-order valence-corrected chi connectivity index (χ1v) is 9.76. The highest BCUT2D eigenvalue weighted by Crippen LogP contribution is 2.50. The lowest BCUT2D eigenvalue weighted by molar-refractivity contribution is -0.0308. The van der Waals surface area contributed by atoms with Gasteiger partial charge in [-0.05, 0) is 69.7 Å². The van der Waals surface area contributed by atoms with Crippen LogP contribution in [0.15, 0.2) is 0 Å². The maximum absolute atomic E-state index is 2.96. The van der Waals surface area contributed by atoms with E-state index in [-0.39, 0.29) is 0 Å². The molecule has 0 N–H and O–H groups in total. The molecule has 0 aromatic carbocycles. The number of piperazine rings is 1. The van der Waals surface area contributed by atoms with Crippen LogP contribution in [0.4, 0.5) is 0 Å². The van der Waals surface area contributed by atoms with E-state index >= 15 is 0 Å². The van der Waals surface area contributed by atoms with Crippen LogP contribution in [0.25, 0.3) is 0 Å². The van der Waals surface area contributed by atoms with Gasteiger partial charge < -0.3 is 0 Å². The van der Waals surface area contributed by atoms with Crippen molar-refractivity contribution in [2.24, 2.45) is 17.8 Å². The molecule has 2 heteroatoms. The van der Waals surface area contributed by atoms with Gasteiger partial charge in [-0.15, -0.1) is 0 Å². The summed E-state index contributed by atoms with van der Waals surface area (Å²) in [6.45, 7) is 9.08. The molecule has 4 rings (SSSR count). The third kappa shape index (κ3) is 2.57. The van der Waals surface area contributed by atoms with Crippen LogP contribution in [0.1, 0.15) is 65.2 Å². The van der Waals surface area contributed by atoms with E-state index in [2.05, 4.69) is 23.6 Å². The summed E-state index contributed by atoms with van der Waals surface area (Å²) < 4.78 is 0. The summed E-state index contributed by atoms with van der Waals surface area (Å²) in [5.74, 6) is 3.19. The van der Waals surface area contributed by atoms with Gasteiger partial charge in [-0.3, -0.25) is 9.80 Å². The molecule has 2 saturated heterocycles. The molecule has 0 spiro atoms. The van der Waals surface area contributed by atoms with Gasteiger partial charge in [-0.2, -0.15) is 0 Å². The molecule has 2 aliphatic heterocycles. The first-order valence-electron chi connectivity index (χ1n) is 9.76. The fourth-order valence-corrected chi connectivity index (χ4v) is 6.27. The van der Waals surface area contributed by atoms with Crippen LogP contribution in [-0.4, -0.2) is 47.6 Å². The average molecular weight is 290 g/mol. The van der Waals surface area contributed by atoms with Gasteiger partial charge in [0.15, 0.2) is 0 Å². The molecule has 0 amide bonds. The van der Waals surface area contributed by atoms with Crippen LogP contribution in [0.3, 0.4) is 0 Å². The maximum Gasteiger partial charge on any atom is 0.0224 e. The Bertz CT molecular complexity index is 369. The van der Waals surface area contributed by atoms with E-state index in [4.69, 9.17) is 0 Å². The van der Waals surface area contributed by atoms with E-state index in [9.17, 15) is 0 Å². The van der Waals surface area contributed by atoms with Gasteiger partial charge in [0.1, 0.15) is 0 Å². The molecule has 0 radical (unpaired) electrons. The fraction of sp³-hybridized carbons (Fsp3) is 1.00. The second-order valence-corrected chi connectivity index (χ2v) is 8.48. The summed E-state index contributed by atoms with van der Waals surface area (Å²) in [4.78, 5) is 5.78. The molecule has 6 atom stereocenters. The highest BCUT2D eigenvalue weighted by atomic mass is 15.3. The fourth-order valence-electron chi connectivity index (χ4n) is 6.27. The molecular weight excluding hydrogens is 256 g/mol. The minimum atomic E-state index is 0.827. The quantitative estimate of drug-likeness (QED) is 0.781. The standard InChI is InChI=1S/C19H34N2/c1-3-17-12-20-9-5-4-6-18(20)13-21(17)14(2)19-11-15-7-8-16(19)10-15/h14-19H,3-13H2,1-2H3. The molecule has 4 aliphatic rings. The van der Waals surface area contributed by atoms with Crippen molar-refractivity contribution in [1.82, 2.24) is 9.80 Å². The van der Waals surface area contributed by atoms with Gasteiger partial charge in [0.25, 0.3) is 0 Å². The molecule has 2 heterocycles. The summed E-state index contributed by atoms with van der Waals surface area (Å²) in [6.07, 6.45) is 11.9. The summed E-state index contributed by atoms with van der Waals surface area (Å²) >= 11 is 0. The Morgan fingerprint density at radius 3 is 2.67 bits per heavy atom. The van der Waals surface area contributed by atoms with Crippen molar-refractivity contribution in [2.45, 2.75) is 83.3 Å². The first-order chi connectivity index (χ1) is 10.3. The van der Waals surface area contributed by atoms with Gasteiger partial charge in [0.05, 0.1) is 0 Å². The van der Waals surface area contributed by atoms with Crippen molar-refractivity contribution in [1.29, 1.82) is 0 Å². The van der Waals surface area contributed by atoms with Crippen LogP contribution >= 0.6 is 0 Å². The topological polar surface area (TPSA) is 6.48 Å². The van der Waals surface area contributed by atoms with Crippen molar-refractivity contribution >= 4 is 0 Å². The maximum atomic E-state index is 2.96. The van der Waals surface area contributed by atoms with Crippen LogP contribution in [0.2, 0.25) is 0 Å². The Labute approximate surface area is 131 Å². The lowest BCUT2D eigenvalue weighted by Crippen LogP contribution is -2.62. The summed E-state index contributed by atoms with van der Waals surface area (Å²) in [5, 5.41) is 0. The number of piperidine rings is 1. The van der Waals surface area contributed by atoms with E-state index in [0.717, 1.165) is 35.9 Å². The van der Waals surface area contributed by atoms with Gasteiger partial charge in [-0.25, -0.2) is 0 Å². The van der Waals surface area contributed by atoms with Crippen LogP contribution in [0, 0.1) is 17.8 Å². The Balaban J connectivity index is 1.47. The smallest absolute Gasteiger partial charge is 0.0224 e. The average Bonchev–Trinajstić information content (AvgIpc) is 3.16. The second kappa shape index (κ2) is 5.85. The van der Waals surface area contributed by atoms with Gasteiger partial charge in [-0.1, -0.05) is 19.8 Å². The lowest BCUT2D eigenvalue weighted by Gasteiger charge is -2.52. The molecule has 6 unspecified atom stereocenters. The number of fused-ring (bicyclic) bond motifs is 3. The minimum Gasteiger partial charge on any atom is -0.298 e. The predicted octanol–water partition coefficient (Wildman–Crippen LogP) is 3.76. The molecule has 2 bridgehead atoms. The molecule has 120 valence electrons. The molecule has 2 saturated carbocycles. The normalized spacial score (nSPS) is 45.7. The van der Waals surface area contributed by atoms with Gasteiger partial charge >= 0.3 is 0 Å². The van der Waals surface area contributed by atoms with Gasteiger partial charge in [0.2, 0.25) is 0 Å². The predicted molar refractivity (Wildman–Crippen MR) is 88.4 cm³/mol. The first kappa shape index (κ1) is 14.5. The number of hydrogen-bond acceptors (Lipinski definition) is 2. The second-order valence-electron chi connectivity index (χ2n) is 8.48. The van der Waals surface area contributed by atoms with E-state index in [0.29, 0.717) is 0 Å². The third-order valence-electron chi connectivity index (χ3n) is 7.49. The zero-order valence-corrected chi connectivity index (χ0v) is 14.1. The number of rotatable bonds is 3. The van der Waals surface area contributed by atoms with Gasteiger partial charge in [0, 0.05) is 31.2 Å². The molecule has 0 aromatic heterocycles. The SMILES string of the molecule is CCC1CN2CCCCC2CN1C(C)C1CC2CCC1C2. The zero-order chi connectivity index (χ0) is 14.4. The van der Waals surface area contributed by atoms with Crippen LogP contribution < -0.4 is 0 Å². The molecular formula is C19H34N2. The van der Waals surface area contributed by atoms with Crippen molar-refractivity contribution < 1.29 is 0 Å². The highest BCUT2D eigenvalue weighted by molar-refractivity contribution is 4.99. The van der Waals surface area contributed by atoms with Crippen LogP contribution in [0.5, 0.6) is 0 Å². The molecule has 4 fully saturated rings. The Kier molecular flexibility index (Phi) is 4.04. The highest BCUT2D eigenvalue weighted by Gasteiger charge is 2.45. The van der Waals surface area contributed by atoms with Crippen molar-refractivity contribution in [2.75, 3.05) is 19.6 Å². The van der Waals surface area contributed by atoms with Crippen molar-refractivity contribution in [3.8, 4) is 0 Å². The number of hydrogen-bond donors (Lipinski definition) is 0. The Hall–Kier alpha value is -0.0800. The number of nitrogens with zero attached hydrogens (tertiary/aromatic N) is 2. The third-order valence-corrected chi connectivity index (χ3v) is 7.49. The Morgan fingerprint density at radius 2 is 1.95 bits per heavy atom. The van der Waals surface area contributed by atoms with E-state index in [1.165, 1.54) is 45.3 Å². The van der Waals surface area contributed by atoms with E-state index in [1.54, 1.807) is 25.7 Å². The van der Waals surface area contributed by atoms with Crippen molar-refractivity contribution in [3.63, 3.8) is 0 Å². The minimum absolute atomic E-state index is 0.827. The summed E-state index contributed by atoms with van der Waals surface area (Å²) in [7, 11) is 0. The van der Waals surface area contributed by atoms with E-state index in [1.807, 2.05) is 0 Å². The zero-order valence-electron chi connectivity index (χ0n) is 14.1. The molecule has 2 aliphatic carbocycles. The lowest BCUT2D eigenvalue weighted by atomic mass is 9.81. The van der Waals surface area contributed by atoms with Crippen LogP contribution in [-0.2, 0) is 0 Å². The Morgan fingerprint density at radius 1 is 1.05 bits per heavy atom. The molecule has 2 nitrogen and oxygen atoms in total. The molecule has 21 heavy (non-hydrogen) atoms.